The Morgan fingerprint density at radius 2 is 1.89 bits per heavy atom. The summed E-state index contributed by atoms with van der Waals surface area (Å²) < 4.78 is 1.96. The average molecular weight is 451 g/mol. The number of aryl methyl sites for hydroxylation is 1. The van der Waals surface area contributed by atoms with Crippen molar-refractivity contribution in [1.82, 2.24) is 19.6 Å². The molecule has 28 heavy (non-hydrogen) atoms. The van der Waals surface area contributed by atoms with Crippen molar-refractivity contribution in [1.29, 1.82) is 0 Å². The fraction of sp³-hybridized carbons (Fsp3) is 0.474. The smallest absolute Gasteiger partial charge is 0.254 e. The van der Waals surface area contributed by atoms with Crippen LogP contribution in [0.3, 0.4) is 0 Å². The van der Waals surface area contributed by atoms with Gasteiger partial charge in [0, 0.05) is 56.4 Å². The van der Waals surface area contributed by atoms with Crippen LogP contribution in [-0.4, -0.2) is 58.2 Å². The van der Waals surface area contributed by atoms with Crippen LogP contribution in [0.5, 0.6) is 0 Å². The lowest BCUT2D eigenvalue weighted by atomic mass is 10.0. The van der Waals surface area contributed by atoms with Crippen LogP contribution in [0.1, 0.15) is 28.8 Å². The third-order valence-electron chi connectivity index (χ3n) is 5.12. The van der Waals surface area contributed by atoms with Crippen molar-refractivity contribution in [2.45, 2.75) is 32.4 Å². The highest BCUT2D eigenvalue weighted by molar-refractivity contribution is 5.96. The summed E-state index contributed by atoms with van der Waals surface area (Å²) in [6.07, 6.45) is 5.81. The van der Waals surface area contributed by atoms with E-state index in [0.29, 0.717) is 11.3 Å². The SMILES string of the molecule is Cc1ccc(N)cc1C(=O)N(C)C1CCN(CCn2cccn2)CC1.Cl.Cl.Cl. The number of hydrogen-bond donors (Lipinski definition) is 1. The van der Waals surface area contributed by atoms with Crippen molar-refractivity contribution in [2.24, 2.45) is 0 Å². The molecule has 1 aromatic heterocycles. The number of piperidine rings is 1. The number of nitrogens with two attached hydrogens (primary N) is 1. The summed E-state index contributed by atoms with van der Waals surface area (Å²) in [7, 11) is 1.91. The molecule has 3 rings (SSSR count). The van der Waals surface area contributed by atoms with Gasteiger partial charge in [0.1, 0.15) is 0 Å². The predicted octanol–water partition coefficient (Wildman–Crippen LogP) is 3.28. The van der Waals surface area contributed by atoms with E-state index in [-0.39, 0.29) is 49.2 Å². The molecule has 1 aliphatic heterocycles. The molecule has 1 fully saturated rings. The molecule has 9 heteroatoms. The molecular weight excluding hydrogens is 421 g/mol. The second-order valence-electron chi connectivity index (χ2n) is 6.83. The second-order valence-corrected chi connectivity index (χ2v) is 6.83. The normalized spacial score (nSPS) is 14.4. The Morgan fingerprint density at radius 1 is 1.21 bits per heavy atom. The van der Waals surface area contributed by atoms with Crippen molar-refractivity contribution < 1.29 is 4.79 Å². The highest BCUT2D eigenvalue weighted by Gasteiger charge is 2.26. The molecule has 1 aliphatic rings. The third kappa shape index (κ3) is 6.55. The summed E-state index contributed by atoms with van der Waals surface area (Å²) in [5.74, 6) is 0.0693. The first-order valence-electron chi connectivity index (χ1n) is 8.87. The van der Waals surface area contributed by atoms with Gasteiger partial charge in [0.15, 0.2) is 0 Å². The van der Waals surface area contributed by atoms with Crippen molar-refractivity contribution in [3.05, 3.63) is 47.8 Å². The van der Waals surface area contributed by atoms with Crippen molar-refractivity contribution in [3.8, 4) is 0 Å². The summed E-state index contributed by atoms with van der Waals surface area (Å²) >= 11 is 0. The lowest BCUT2D eigenvalue weighted by molar-refractivity contribution is 0.0638. The molecule has 0 atom stereocenters. The van der Waals surface area contributed by atoms with E-state index < -0.39 is 0 Å². The van der Waals surface area contributed by atoms with E-state index in [4.69, 9.17) is 5.73 Å². The van der Waals surface area contributed by atoms with Crippen LogP contribution in [0.15, 0.2) is 36.7 Å². The highest BCUT2D eigenvalue weighted by atomic mass is 35.5. The van der Waals surface area contributed by atoms with Gasteiger partial charge in [0.2, 0.25) is 0 Å². The van der Waals surface area contributed by atoms with Gasteiger partial charge in [-0.2, -0.15) is 5.10 Å². The lowest BCUT2D eigenvalue weighted by Crippen LogP contribution is -2.46. The Bertz CT molecular complexity index is 718. The topological polar surface area (TPSA) is 67.4 Å². The minimum absolute atomic E-state index is 0. The number of aromatic nitrogens is 2. The molecule has 0 saturated carbocycles. The van der Waals surface area contributed by atoms with Gasteiger partial charge < -0.3 is 15.5 Å². The van der Waals surface area contributed by atoms with E-state index in [1.165, 1.54) is 0 Å². The number of rotatable bonds is 5. The molecule has 2 aromatic rings. The zero-order chi connectivity index (χ0) is 17.8. The number of likely N-dealkylation sites (tertiary alicyclic amines) is 1. The summed E-state index contributed by atoms with van der Waals surface area (Å²) in [6, 6.07) is 7.77. The Balaban J connectivity index is 0.00000243. The maximum atomic E-state index is 12.8. The molecule has 2 N–H and O–H groups in total. The Kier molecular flexibility index (Phi) is 11.5. The molecule has 1 saturated heterocycles. The fourth-order valence-electron chi connectivity index (χ4n) is 3.43. The van der Waals surface area contributed by atoms with E-state index in [2.05, 4.69) is 10.00 Å². The summed E-state index contributed by atoms with van der Waals surface area (Å²) in [5.41, 5.74) is 8.17. The van der Waals surface area contributed by atoms with Gasteiger partial charge in [-0.15, -0.1) is 37.2 Å². The second kappa shape index (κ2) is 12.2. The van der Waals surface area contributed by atoms with Crippen molar-refractivity contribution in [3.63, 3.8) is 0 Å². The molecule has 2 heterocycles. The van der Waals surface area contributed by atoms with Gasteiger partial charge >= 0.3 is 0 Å². The van der Waals surface area contributed by atoms with Crippen LogP contribution < -0.4 is 5.73 Å². The van der Waals surface area contributed by atoms with Gasteiger partial charge in [-0.3, -0.25) is 9.48 Å². The zero-order valence-electron chi connectivity index (χ0n) is 16.3. The maximum absolute atomic E-state index is 12.8. The number of benzene rings is 1. The quantitative estimate of drug-likeness (QED) is 0.710. The van der Waals surface area contributed by atoms with Crippen LogP contribution in [-0.2, 0) is 6.54 Å². The molecule has 158 valence electrons. The molecule has 0 unspecified atom stereocenters. The average Bonchev–Trinajstić information content (AvgIpc) is 3.15. The highest BCUT2D eigenvalue weighted by Crippen LogP contribution is 2.20. The number of nitrogen functional groups attached to an aromatic ring is 1. The molecule has 0 radical (unpaired) electrons. The number of nitrogens with zero attached hydrogens (tertiary/aromatic N) is 4. The molecule has 0 spiro atoms. The maximum Gasteiger partial charge on any atom is 0.254 e. The first-order chi connectivity index (χ1) is 12.0. The Hall–Kier alpha value is -1.47. The van der Waals surface area contributed by atoms with Crippen molar-refractivity contribution >= 4 is 48.8 Å². The first-order valence-corrected chi connectivity index (χ1v) is 8.87. The van der Waals surface area contributed by atoms with Crippen LogP contribution in [0, 0.1) is 6.92 Å². The van der Waals surface area contributed by atoms with Crippen LogP contribution in [0.2, 0.25) is 0 Å². The van der Waals surface area contributed by atoms with E-state index in [9.17, 15) is 4.79 Å². The third-order valence-corrected chi connectivity index (χ3v) is 5.12. The minimum Gasteiger partial charge on any atom is -0.399 e. The number of halogens is 3. The van der Waals surface area contributed by atoms with Crippen LogP contribution in [0.4, 0.5) is 5.69 Å². The number of anilines is 1. The molecular formula is C19H30Cl3N5O. The van der Waals surface area contributed by atoms with E-state index >= 15 is 0 Å². The summed E-state index contributed by atoms with van der Waals surface area (Å²) in [6.45, 7) is 5.90. The summed E-state index contributed by atoms with van der Waals surface area (Å²) in [5, 5.41) is 4.24. The molecule has 6 nitrogen and oxygen atoms in total. The van der Waals surface area contributed by atoms with E-state index in [1.54, 1.807) is 6.07 Å². The number of carbonyl (C=O) groups excluding carboxylic acids is 1. The van der Waals surface area contributed by atoms with E-state index in [0.717, 1.165) is 44.6 Å². The largest absolute Gasteiger partial charge is 0.399 e. The van der Waals surface area contributed by atoms with Gasteiger partial charge in [0.25, 0.3) is 5.91 Å². The van der Waals surface area contributed by atoms with Crippen LogP contribution >= 0.6 is 37.2 Å². The van der Waals surface area contributed by atoms with Crippen LogP contribution in [0.25, 0.3) is 0 Å². The zero-order valence-corrected chi connectivity index (χ0v) is 18.7. The predicted molar refractivity (Wildman–Crippen MR) is 121 cm³/mol. The van der Waals surface area contributed by atoms with Gasteiger partial charge in [0.05, 0.1) is 6.54 Å². The molecule has 1 aromatic carbocycles. The van der Waals surface area contributed by atoms with Gasteiger partial charge in [-0.05, 0) is 43.5 Å². The molecule has 1 amide bonds. The Labute approximate surface area is 185 Å². The monoisotopic (exact) mass is 449 g/mol. The number of amides is 1. The molecule has 0 aliphatic carbocycles. The minimum atomic E-state index is 0. The fourth-order valence-corrected chi connectivity index (χ4v) is 3.43. The van der Waals surface area contributed by atoms with Crippen molar-refractivity contribution in [2.75, 3.05) is 32.4 Å². The van der Waals surface area contributed by atoms with E-state index in [1.807, 2.05) is 54.1 Å². The van der Waals surface area contributed by atoms with Gasteiger partial charge in [-0.1, -0.05) is 6.07 Å². The molecule has 0 bridgehead atoms. The number of carbonyl (C=O) groups is 1. The van der Waals surface area contributed by atoms with Gasteiger partial charge in [-0.25, -0.2) is 0 Å². The standard InChI is InChI=1S/C19H27N5O.3ClH/c1-15-4-5-16(20)14-18(15)19(25)22(2)17-6-10-23(11-7-17)12-13-24-9-3-8-21-24;;;/h3-5,8-9,14,17H,6-7,10-13,20H2,1-2H3;3*1H. The summed E-state index contributed by atoms with van der Waals surface area (Å²) in [4.78, 5) is 17.2. The first kappa shape index (κ1) is 26.5. The lowest BCUT2D eigenvalue weighted by Gasteiger charge is -2.37. The Morgan fingerprint density at radius 3 is 2.50 bits per heavy atom. The number of hydrogen-bond acceptors (Lipinski definition) is 4.